The van der Waals surface area contributed by atoms with Crippen molar-refractivity contribution in [3.8, 4) is 11.9 Å². The molecule has 25 heavy (non-hydrogen) atoms. The third kappa shape index (κ3) is 3.15. The first-order chi connectivity index (χ1) is 12.2. The highest BCUT2D eigenvalue weighted by atomic mass is 16.2. The Balaban J connectivity index is 1.30. The number of rotatable bonds is 3. The first kappa shape index (κ1) is 15.5. The minimum Gasteiger partial charge on any atom is -0.333 e. The van der Waals surface area contributed by atoms with Crippen molar-refractivity contribution in [3.63, 3.8) is 0 Å². The van der Waals surface area contributed by atoms with Crippen LogP contribution in [0.5, 0.6) is 0 Å². The van der Waals surface area contributed by atoms with Gasteiger partial charge in [-0.1, -0.05) is 18.2 Å². The molecule has 7 heteroatoms. The van der Waals surface area contributed by atoms with Gasteiger partial charge < -0.3 is 15.1 Å². The maximum atomic E-state index is 12.3. The number of aromatic nitrogens is 2. The van der Waals surface area contributed by atoms with Crippen LogP contribution in [0.15, 0.2) is 42.6 Å². The van der Waals surface area contributed by atoms with E-state index in [4.69, 9.17) is 5.26 Å². The highest BCUT2D eigenvalue weighted by molar-refractivity contribution is 5.75. The molecule has 0 spiro atoms. The molecule has 0 radical (unpaired) electrons. The van der Waals surface area contributed by atoms with E-state index >= 15 is 0 Å². The lowest BCUT2D eigenvalue weighted by Gasteiger charge is -2.38. The standard InChI is InChI=1S/C18H20N6O/c19-13-22-8-6-15(12-22)20-18(25)23-10-14(11-23)17-7-9-24(21-17)16-4-2-1-3-5-16/h1-5,7,9,14-15H,6,8,10-12H2,(H,20,25)/t15-/m1/s1. The fourth-order valence-corrected chi connectivity index (χ4v) is 3.35. The molecule has 1 aromatic heterocycles. The highest BCUT2D eigenvalue weighted by Crippen LogP contribution is 2.26. The molecule has 2 fully saturated rings. The van der Waals surface area contributed by atoms with Crippen molar-refractivity contribution in [2.75, 3.05) is 26.2 Å². The van der Waals surface area contributed by atoms with Crippen LogP contribution in [0.1, 0.15) is 18.0 Å². The molecule has 128 valence electrons. The van der Waals surface area contributed by atoms with Crippen LogP contribution in [0.3, 0.4) is 0 Å². The number of nitriles is 1. The largest absolute Gasteiger partial charge is 0.333 e. The average Bonchev–Trinajstić information content (AvgIpc) is 3.24. The van der Waals surface area contributed by atoms with Gasteiger partial charge in [-0.2, -0.15) is 10.4 Å². The topological polar surface area (TPSA) is 77.2 Å². The predicted octanol–water partition coefficient (Wildman–Crippen LogP) is 1.54. The van der Waals surface area contributed by atoms with Crippen LogP contribution in [0.4, 0.5) is 4.79 Å². The van der Waals surface area contributed by atoms with Gasteiger partial charge in [0, 0.05) is 38.3 Å². The predicted molar refractivity (Wildman–Crippen MR) is 92.0 cm³/mol. The van der Waals surface area contributed by atoms with Gasteiger partial charge in [0.1, 0.15) is 0 Å². The maximum Gasteiger partial charge on any atom is 0.317 e. The van der Waals surface area contributed by atoms with Crippen LogP contribution in [0.25, 0.3) is 5.69 Å². The van der Waals surface area contributed by atoms with E-state index in [0.29, 0.717) is 19.6 Å². The molecule has 2 aromatic rings. The molecule has 0 aliphatic carbocycles. The third-order valence-corrected chi connectivity index (χ3v) is 4.87. The molecule has 3 heterocycles. The van der Waals surface area contributed by atoms with E-state index < -0.39 is 0 Å². The molecule has 0 bridgehead atoms. The van der Waals surface area contributed by atoms with E-state index in [1.165, 1.54) is 0 Å². The van der Waals surface area contributed by atoms with Crippen LogP contribution >= 0.6 is 0 Å². The van der Waals surface area contributed by atoms with Crippen molar-refractivity contribution in [1.29, 1.82) is 5.26 Å². The Kier molecular flexibility index (Phi) is 4.02. The molecule has 4 rings (SSSR count). The number of carbonyl (C=O) groups is 1. The summed E-state index contributed by atoms with van der Waals surface area (Å²) in [6, 6.07) is 12.1. The number of carbonyl (C=O) groups excluding carboxylic acids is 1. The van der Waals surface area contributed by atoms with Gasteiger partial charge in [-0.15, -0.1) is 0 Å². The van der Waals surface area contributed by atoms with Crippen LogP contribution in [0, 0.1) is 11.5 Å². The smallest absolute Gasteiger partial charge is 0.317 e. The third-order valence-electron chi connectivity index (χ3n) is 4.87. The van der Waals surface area contributed by atoms with Gasteiger partial charge in [0.15, 0.2) is 6.19 Å². The molecule has 2 amide bonds. The van der Waals surface area contributed by atoms with Crippen molar-refractivity contribution in [3.05, 3.63) is 48.3 Å². The Morgan fingerprint density at radius 1 is 1.20 bits per heavy atom. The lowest BCUT2D eigenvalue weighted by molar-refractivity contribution is 0.147. The van der Waals surface area contributed by atoms with E-state index in [2.05, 4.69) is 16.6 Å². The normalized spacial score (nSPS) is 20.2. The van der Waals surface area contributed by atoms with Gasteiger partial charge in [-0.3, -0.25) is 0 Å². The van der Waals surface area contributed by atoms with Crippen molar-refractivity contribution < 1.29 is 4.79 Å². The SMILES string of the molecule is N#CN1CC[C@@H](NC(=O)N2CC(c3ccn(-c4ccccc4)n3)C2)C1. The molecule has 2 aliphatic heterocycles. The molecule has 0 saturated carbocycles. The molecule has 2 saturated heterocycles. The summed E-state index contributed by atoms with van der Waals surface area (Å²) in [5.41, 5.74) is 2.05. The van der Waals surface area contributed by atoms with E-state index in [1.807, 2.05) is 47.3 Å². The van der Waals surface area contributed by atoms with Gasteiger partial charge in [-0.05, 0) is 24.6 Å². The Bertz CT molecular complexity index is 789. The molecule has 0 unspecified atom stereocenters. The van der Waals surface area contributed by atoms with Crippen molar-refractivity contribution in [2.24, 2.45) is 0 Å². The van der Waals surface area contributed by atoms with E-state index in [0.717, 1.165) is 24.3 Å². The number of hydrogen-bond acceptors (Lipinski definition) is 4. The number of likely N-dealkylation sites (tertiary alicyclic amines) is 2. The number of nitrogens with one attached hydrogen (secondary N) is 1. The molecular formula is C18H20N6O. The molecule has 7 nitrogen and oxygen atoms in total. The Morgan fingerprint density at radius 3 is 2.72 bits per heavy atom. The molecule has 1 atom stereocenters. The number of nitrogens with zero attached hydrogens (tertiary/aromatic N) is 5. The van der Waals surface area contributed by atoms with Gasteiger partial charge in [0.05, 0.1) is 17.4 Å². The van der Waals surface area contributed by atoms with E-state index in [1.54, 1.807) is 9.80 Å². The van der Waals surface area contributed by atoms with E-state index in [-0.39, 0.29) is 18.0 Å². The second-order valence-corrected chi connectivity index (χ2v) is 6.60. The summed E-state index contributed by atoms with van der Waals surface area (Å²) in [5, 5.41) is 16.5. The van der Waals surface area contributed by atoms with Crippen LogP contribution in [0.2, 0.25) is 0 Å². The minimum atomic E-state index is -0.0384. The lowest BCUT2D eigenvalue weighted by Crippen LogP contribution is -2.54. The average molecular weight is 336 g/mol. The molecule has 2 aliphatic rings. The van der Waals surface area contributed by atoms with E-state index in [9.17, 15) is 4.79 Å². The summed E-state index contributed by atoms with van der Waals surface area (Å²) in [6.45, 7) is 2.71. The quantitative estimate of drug-likeness (QED) is 0.863. The number of urea groups is 1. The van der Waals surface area contributed by atoms with Crippen molar-refractivity contribution in [2.45, 2.75) is 18.4 Å². The summed E-state index contributed by atoms with van der Waals surface area (Å²) >= 11 is 0. The van der Waals surface area contributed by atoms with Crippen LogP contribution in [-0.2, 0) is 0 Å². The Labute approximate surface area is 146 Å². The van der Waals surface area contributed by atoms with Gasteiger partial charge >= 0.3 is 6.03 Å². The zero-order chi connectivity index (χ0) is 17.2. The Hall–Kier alpha value is -3.01. The monoisotopic (exact) mass is 336 g/mol. The molecule has 1 N–H and O–H groups in total. The van der Waals surface area contributed by atoms with Crippen LogP contribution < -0.4 is 5.32 Å². The summed E-state index contributed by atoms with van der Waals surface area (Å²) in [6.07, 6.45) is 4.92. The van der Waals surface area contributed by atoms with Gasteiger partial charge in [0.25, 0.3) is 0 Å². The second-order valence-electron chi connectivity index (χ2n) is 6.60. The first-order valence-electron chi connectivity index (χ1n) is 8.54. The second kappa shape index (κ2) is 6.48. The first-order valence-corrected chi connectivity index (χ1v) is 8.54. The van der Waals surface area contributed by atoms with Gasteiger partial charge in [0.2, 0.25) is 0 Å². The fraction of sp³-hybridized carbons (Fsp3) is 0.389. The maximum absolute atomic E-state index is 12.3. The molecular weight excluding hydrogens is 316 g/mol. The summed E-state index contributed by atoms with van der Waals surface area (Å²) in [7, 11) is 0. The Morgan fingerprint density at radius 2 is 2.00 bits per heavy atom. The number of benzene rings is 1. The van der Waals surface area contributed by atoms with Crippen LogP contribution in [-0.4, -0.2) is 57.8 Å². The summed E-state index contributed by atoms with van der Waals surface area (Å²) in [5.74, 6) is 0.287. The van der Waals surface area contributed by atoms with Crippen molar-refractivity contribution in [1.82, 2.24) is 24.9 Å². The lowest BCUT2D eigenvalue weighted by atomic mass is 9.97. The summed E-state index contributed by atoms with van der Waals surface area (Å²) in [4.78, 5) is 15.8. The number of amides is 2. The zero-order valence-electron chi connectivity index (χ0n) is 13.9. The number of hydrogen-bond donors (Lipinski definition) is 1. The molecule has 1 aromatic carbocycles. The minimum absolute atomic E-state index is 0.0384. The fourth-order valence-electron chi connectivity index (χ4n) is 3.35. The zero-order valence-corrected chi connectivity index (χ0v) is 13.9. The summed E-state index contributed by atoms with van der Waals surface area (Å²) < 4.78 is 1.87. The van der Waals surface area contributed by atoms with Gasteiger partial charge in [-0.25, -0.2) is 9.48 Å². The highest BCUT2D eigenvalue weighted by Gasteiger charge is 2.34. The van der Waals surface area contributed by atoms with Crippen molar-refractivity contribution >= 4 is 6.03 Å². The number of para-hydroxylation sites is 1.